The summed E-state index contributed by atoms with van der Waals surface area (Å²) in [7, 11) is 2.18. The standard InChI is InChI=1S/C9H15N3.C3H8/c1-12-6-2-3-8(7-12)9-4-5-10-11-9;1-3-2/h4-5,8H,2-3,6-7H2,1H3,(H,10,11);3H2,1-2H3. The lowest BCUT2D eigenvalue weighted by Gasteiger charge is -2.28. The summed E-state index contributed by atoms with van der Waals surface area (Å²) < 4.78 is 0. The highest BCUT2D eigenvalue weighted by atomic mass is 15.1. The molecule has 0 aliphatic carbocycles. The molecule has 3 nitrogen and oxygen atoms in total. The number of aromatic nitrogens is 2. The summed E-state index contributed by atoms with van der Waals surface area (Å²) >= 11 is 0. The first-order valence-electron chi connectivity index (χ1n) is 5.95. The molecular formula is C12H23N3. The molecule has 3 heteroatoms. The number of nitrogens with zero attached hydrogens (tertiary/aromatic N) is 2. The third-order valence-electron chi connectivity index (χ3n) is 2.59. The van der Waals surface area contributed by atoms with Crippen molar-refractivity contribution in [3.8, 4) is 0 Å². The molecule has 1 fully saturated rings. The van der Waals surface area contributed by atoms with Gasteiger partial charge in [0, 0.05) is 24.4 Å². The fraction of sp³-hybridized carbons (Fsp3) is 0.750. The van der Waals surface area contributed by atoms with Crippen molar-refractivity contribution in [2.75, 3.05) is 20.1 Å². The van der Waals surface area contributed by atoms with Crippen molar-refractivity contribution in [1.82, 2.24) is 15.1 Å². The van der Waals surface area contributed by atoms with E-state index in [2.05, 4.69) is 42.1 Å². The number of rotatable bonds is 1. The molecule has 2 heterocycles. The van der Waals surface area contributed by atoms with Gasteiger partial charge in [-0.15, -0.1) is 0 Å². The summed E-state index contributed by atoms with van der Waals surface area (Å²) in [6.07, 6.45) is 5.69. The molecule has 0 bridgehead atoms. The van der Waals surface area contributed by atoms with E-state index in [0.29, 0.717) is 5.92 Å². The van der Waals surface area contributed by atoms with Gasteiger partial charge in [0.1, 0.15) is 0 Å². The summed E-state index contributed by atoms with van der Waals surface area (Å²) in [5.74, 6) is 0.672. The Morgan fingerprint density at radius 3 is 2.80 bits per heavy atom. The molecular weight excluding hydrogens is 186 g/mol. The molecule has 1 aliphatic heterocycles. The van der Waals surface area contributed by atoms with Crippen LogP contribution in [0.4, 0.5) is 0 Å². The van der Waals surface area contributed by atoms with Crippen LogP contribution in [0.3, 0.4) is 0 Å². The van der Waals surface area contributed by atoms with Crippen LogP contribution in [0.2, 0.25) is 0 Å². The number of hydrogen-bond donors (Lipinski definition) is 1. The molecule has 1 aliphatic rings. The Bertz CT molecular complexity index is 243. The Morgan fingerprint density at radius 1 is 1.53 bits per heavy atom. The number of likely N-dealkylation sites (tertiary alicyclic amines) is 1. The zero-order valence-electron chi connectivity index (χ0n) is 10.2. The van der Waals surface area contributed by atoms with Crippen LogP contribution in [0, 0.1) is 0 Å². The fourth-order valence-electron chi connectivity index (χ4n) is 1.91. The highest BCUT2D eigenvalue weighted by Crippen LogP contribution is 2.23. The molecule has 1 unspecified atom stereocenters. The molecule has 1 N–H and O–H groups in total. The van der Waals surface area contributed by atoms with Crippen molar-refractivity contribution in [2.45, 2.75) is 39.0 Å². The van der Waals surface area contributed by atoms with Gasteiger partial charge in [-0.05, 0) is 32.5 Å². The minimum absolute atomic E-state index is 0.672. The van der Waals surface area contributed by atoms with Crippen molar-refractivity contribution >= 4 is 0 Å². The zero-order valence-corrected chi connectivity index (χ0v) is 10.2. The average molecular weight is 209 g/mol. The lowest BCUT2D eigenvalue weighted by atomic mass is 9.95. The molecule has 0 radical (unpaired) electrons. The number of H-pyrrole nitrogens is 1. The van der Waals surface area contributed by atoms with Gasteiger partial charge in [-0.2, -0.15) is 5.10 Å². The second-order valence-electron chi connectivity index (χ2n) is 4.32. The second-order valence-corrected chi connectivity index (χ2v) is 4.32. The number of piperidine rings is 1. The molecule has 0 saturated carbocycles. The van der Waals surface area contributed by atoms with Crippen molar-refractivity contribution in [1.29, 1.82) is 0 Å². The van der Waals surface area contributed by atoms with Crippen LogP contribution in [0.1, 0.15) is 44.7 Å². The van der Waals surface area contributed by atoms with Gasteiger partial charge in [-0.25, -0.2) is 0 Å². The van der Waals surface area contributed by atoms with Gasteiger partial charge >= 0.3 is 0 Å². The van der Waals surface area contributed by atoms with Gasteiger partial charge in [-0.1, -0.05) is 20.3 Å². The zero-order chi connectivity index (χ0) is 11.1. The Labute approximate surface area is 92.9 Å². The van der Waals surface area contributed by atoms with E-state index in [1.54, 1.807) is 0 Å². The molecule has 1 aromatic rings. The van der Waals surface area contributed by atoms with Crippen molar-refractivity contribution < 1.29 is 0 Å². The van der Waals surface area contributed by atoms with Crippen molar-refractivity contribution in [3.05, 3.63) is 18.0 Å². The van der Waals surface area contributed by atoms with E-state index in [1.807, 2.05) is 6.20 Å². The Kier molecular flexibility index (Phi) is 5.40. The molecule has 86 valence electrons. The number of aromatic amines is 1. The third kappa shape index (κ3) is 4.04. The van der Waals surface area contributed by atoms with Crippen LogP contribution in [0.15, 0.2) is 12.3 Å². The average Bonchev–Trinajstić information content (AvgIpc) is 2.71. The lowest BCUT2D eigenvalue weighted by Crippen LogP contribution is -2.30. The predicted molar refractivity (Wildman–Crippen MR) is 64.0 cm³/mol. The van der Waals surface area contributed by atoms with Crippen LogP contribution in [0.5, 0.6) is 0 Å². The van der Waals surface area contributed by atoms with Crippen molar-refractivity contribution in [2.24, 2.45) is 0 Å². The molecule has 0 amide bonds. The monoisotopic (exact) mass is 209 g/mol. The van der Waals surface area contributed by atoms with Gasteiger partial charge in [0.05, 0.1) is 0 Å². The van der Waals surface area contributed by atoms with Crippen LogP contribution >= 0.6 is 0 Å². The first-order chi connectivity index (χ1) is 7.27. The van der Waals surface area contributed by atoms with Crippen LogP contribution < -0.4 is 0 Å². The van der Waals surface area contributed by atoms with Crippen LogP contribution in [-0.2, 0) is 0 Å². The van der Waals surface area contributed by atoms with E-state index in [-0.39, 0.29) is 0 Å². The maximum atomic E-state index is 3.98. The fourth-order valence-corrected chi connectivity index (χ4v) is 1.91. The van der Waals surface area contributed by atoms with E-state index < -0.39 is 0 Å². The Morgan fingerprint density at radius 2 is 2.27 bits per heavy atom. The maximum absolute atomic E-state index is 3.98. The topological polar surface area (TPSA) is 31.9 Å². The first-order valence-corrected chi connectivity index (χ1v) is 5.95. The van der Waals surface area contributed by atoms with Crippen molar-refractivity contribution in [3.63, 3.8) is 0 Å². The van der Waals surface area contributed by atoms with E-state index in [9.17, 15) is 0 Å². The van der Waals surface area contributed by atoms with Crippen LogP contribution in [0.25, 0.3) is 0 Å². The van der Waals surface area contributed by atoms with Gasteiger partial charge in [-0.3, -0.25) is 5.10 Å². The summed E-state index contributed by atoms with van der Waals surface area (Å²) in [4.78, 5) is 2.38. The summed E-state index contributed by atoms with van der Waals surface area (Å²) in [5, 5.41) is 7.03. The summed E-state index contributed by atoms with van der Waals surface area (Å²) in [6, 6.07) is 2.09. The molecule has 0 spiro atoms. The Balaban J connectivity index is 0.000000337. The maximum Gasteiger partial charge on any atom is 0.0490 e. The van der Waals surface area contributed by atoms with Gasteiger partial charge in [0.25, 0.3) is 0 Å². The van der Waals surface area contributed by atoms with E-state index >= 15 is 0 Å². The molecule has 1 atom stereocenters. The highest BCUT2D eigenvalue weighted by Gasteiger charge is 2.19. The number of nitrogens with one attached hydrogen (secondary N) is 1. The molecule has 0 aromatic carbocycles. The van der Waals surface area contributed by atoms with Gasteiger partial charge < -0.3 is 4.90 Å². The third-order valence-corrected chi connectivity index (χ3v) is 2.59. The minimum atomic E-state index is 0.672. The van der Waals surface area contributed by atoms with Gasteiger partial charge in [0.15, 0.2) is 0 Å². The first kappa shape index (κ1) is 12.2. The highest BCUT2D eigenvalue weighted by molar-refractivity contribution is 5.07. The number of likely N-dealkylation sites (N-methyl/N-ethyl adjacent to an activating group) is 1. The normalized spacial score (nSPS) is 21.9. The Hall–Kier alpha value is -0.830. The van der Waals surface area contributed by atoms with E-state index in [1.165, 1.54) is 38.0 Å². The van der Waals surface area contributed by atoms with E-state index in [4.69, 9.17) is 0 Å². The SMILES string of the molecule is CCC.CN1CCCC(c2ccn[nH]2)C1. The predicted octanol–water partition coefficient (Wildman–Crippen LogP) is 2.64. The van der Waals surface area contributed by atoms with E-state index in [0.717, 1.165) is 0 Å². The second kappa shape index (κ2) is 6.62. The minimum Gasteiger partial charge on any atom is -0.306 e. The van der Waals surface area contributed by atoms with Crippen LogP contribution in [-0.4, -0.2) is 35.2 Å². The molecule has 1 aromatic heterocycles. The molecule has 1 saturated heterocycles. The molecule has 15 heavy (non-hydrogen) atoms. The smallest absolute Gasteiger partial charge is 0.0490 e. The number of hydrogen-bond acceptors (Lipinski definition) is 2. The lowest BCUT2D eigenvalue weighted by molar-refractivity contribution is 0.248. The quantitative estimate of drug-likeness (QED) is 0.771. The summed E-state index contributed by atoms with van der Waals surface area (Å²) in [5.41, 5.74) is 1.29. The largest absolute Gasteiger partial charge is 0.306 e. The summed E-state index contributed by atoms with van der Waals surface area (Å²) in [6.45, 7) is 6.66. The molecule has 2 rings (SSSR count). The van der Waals surface area contributed by atoms with Gasteiger partial charge in [0.2, 0.25) is 0 Å².